The molecule has 2 aliphatic rings. The highest BCUT2D eigenvalue weighted by atomic mass is 79.9. The molecule has 3 nitrogen and oxygen atoms in total. The van der Waals surface area contributed by atoms with E-state index < -0.39 is 0 Å². The summed E-state index contributed by atoms with van der Waals surface area (Å²) < 4.78 is 0.900. The van der Waals surface area contributed by atoms with Crippen molar-refractivity contribution in [2.45, 2.75) is 25.3 Å². The van der Waals surface area contributed by atoms with Crippen LogP contribution < -0.4 is 0 Å². The van der Waals surface area contributed by atoms with Crippen molar-refractivity contribution in [2.75, 3.05) is 6.54 Å². The summed E-state index contributed by atoms with van der Waals surface area (Å²) in [6, 6.07) is 6.15. The van der Waals surface area contributed by atoms with Crippen LogP contribution in [0.15, 0.2) is 34.2 Å². The zero-order valence-corrected chi connectivity index (χ0v) is 13.9. The number of hydrogen-bond donors (Lipinski definition) is 0. The first kappa shape index (κ1) is 13.5. The summed E-state index contributed by atoms with van der Waals surface area (Å²) in [6.45, 7) is 0.811. The van der Waals surface area contributed by atoms with Crippen molar-refractivity contribution in [3.05, 3.63) is 50.4 Å². The molecule has 21 heavy (non-hydrogen) atoms. The molecule has 1 aliphatic carbocycles. The van der Waals surface area contributed by atoms with Gasteiger partial charge in [0.2, 0.25) is 0 Å². The Morgan fingerprint density at radius 2 is 2.19 bits per heavy atom. The lowest BCUT2D eigenvalue weighted by atomic mass is 9.95. The van der Waals surface area contributed by atoms with Gasteiger partial charge in [0.25, 0.3) is 5.91 Å². The number of fused-ring (bicyclic) bond motifs is 1. The van der Waals surface area contributed by atoms with Crippen LogP contribution in [0.2, 0.25) is 0 Å². The third kappa shape index (κ3) is 2.42. The molecule has 108 valence electrons. The fraction of sp³-hybridized carbons (Fsp3) is 0.375. The van der Waals surface area contributed by atoms with E-state index in [1.807, 2.05) is 22.3 Å². The van der Waals surface area contributed by atoms with E-state index in [2.05, 4.69) is 32.4 Å². The van der Waals surface area contributed by atoms with Crippen LogP contribution in [0, 0.1) is 5.92 Å². The molecule has 5 heteroatoms. The molecule has 1 aliphatic heterocycles. The molecule has 4 rings (SSSR count). The van der Waals surface area contributed by atoms with Crippen LogP contribution in [-0.2, 0) is 6.42 Å². The third-order valence-electron chi connectivity index (χ3n) is 4.29. The number of thiophene rings is 1. The van der Waals surface area contributed by atoms with Crippen molar-refractivity contribution in [2.24, 2.45) is 5.92 Å². The van der Waals surface area contributed by atoms with E-state index in [-0.39, 0.29) is 11.9 Å². The van der Waals surface area contributed by atoms with Crippen LogP contribution in [0.3, 0.4) is 0 Å². The molecule has 0 bridgehead atoms. The Balaban J connectivity index is 1.67. The maximum absolute atomic E-state index is 12.8. The Hall–Kier alpha value is -1.20. The van der Waals surface area contributed by atoms with E-state index in [0.29, 0.717) is 11.6 Å². The van der Waals surface area contributed by atoms with Gasteiger partial charge in [-0.05, 0) is 70.3 Å². The number of hydrogen-bond acceptors (Lipinski definition) is 3. The molecule has 2 aromatic rings. The Morgan fingerprint density at radius 1 is 1.33 bits per heavy atom. The number of carbonyl (C=O) groups excluding carboxylic acids is 1. The van der Waals surface area contributed by atoms with Gasteiger partial charge in [0, 0.05) is 22.1 Å². The number of halogens is 1. The zero-order chi connectivity index (χ0) is 14.4. The zero-order valence-electron chi connectivity index (χ0n) is 11.5. The maximum Gasteiger partial charge on any atom is 0.272 e. The van der Waals surface area contributed by atoms with Crippen LogP contribution in [0.25, 0.3) is 0 Å². The molecule has 1 unspecified atom stereocenters. The lowest BCUT2D eigenvalue weighted by molar-refractivity contribution is 0.0631. The normalized spacial score (nSPS) is 21.2. The topological polar surface area (TPSA) is 33.2 Å². The van der Waals surface area contributed by atoms with Crippen LogP contribution >= 0.6 is 27.3 Å². The van der Waals surface area contributed by atoms with E-state index >= 15 is 0 Å². The smallest absolute Gasteiger partial charge is 0.272 e. The summed E-state index contributed by atoms with van der Waals surface area (Å²) in [7, 11) is 0. The fourth-order valence-electron chi connectivity index (χ4n) is 3.14. The largest absolute Gasteiger partial charge is 0.330 e. The highest BCUT2D eigenvalue weighted by Crippen LogP contribution is 2.48. The molecule has 0 aromatic carbocycles. The second kappa shape index (κ2) is 5.21. The molecule has 2 aromatic heterocycles. The fourth-order valence-corrected chi connectivity index (χ4v) is 4.29. The minimum Gasteiger partial charge on any atom is -0.330 e. The molecular formula is C16H15BrN2OS. The summed E-state index contributed by atoms with van der Waals surface area (Å²) in [5.41, 5.74) is 1.92. The molecular weight excluding hydrogens is 348 g/mol. The van der Waals surface area contributed by atoms with Gasteiger partial charge in [-0.2, -0.15) is 0 Å². The lowest BCUT2D eigenvalue weighted by Crippen LogP contribution is -2.40. The first-order valence-corrected chi connectivity index (χ1v) is 8.90. The first-order chi connectivity index (χ1) is 10.2. The number of pyridine rings is 1. The molecule has 0 spiro atoms. The minimum absolute atomic E-state index is 0.0660. The number of nitrogens with zero attached hydrogens (tertiary/aromatic N) is 2. The Labute approximate surface area is 136 Å². The molecule has 1 atom stereocenters. The molecule has 0 saturated heterocycles. The van der Waals surface area contributed by atoms with E-state index in [0.717, 1.165) is 17.4 Å². The standard InChI is InChI=1S/C16H15BrN2OS/c17-11-3-4-13(18-9-11)16(20)19-7-5-14-12(6-8-21-14)15(19)10-1-2-10/h3-4,6,8-10,15H,1-2,5,7H2. The Kier molecular flexibility index (Phi) is 3.34. The molecule has 3 heterocycles. The lowest BCUT2D eigenvalue weighted by Gasteiger charge is -2.36. The second-order valence-electron chi connectivity index (χ2n) is 5.69. The summed E-state index contributed by atoms with van der Waals surface area (Å²) >= 11 is 5.19. The van der Waals surface area contributed by atoms with Gasteiger partial charge in [-0.15, -0.1) is 11.3 Å². The van der Waals surface area contributed by atoms with Gasteiger partial charge in [-0.1, -0.05) is 0 Å². The third-order valence-corrected chi connectivity index (χ3v) is 5.76. The number of aromatic nitrogens is 1. The monoisotopic (exact) mass is 362 g/mol. The van der Waals surface area contributed by atoms with Gasteiger partial charge in [0.1, 0.15) is 5.69 Å². The Morgan fingerprint density at radius 3 is 2.90 bits per heavy atom. The van der Waals surface area contributed by atoms with Crippen molar-refractivity contribution in [1.29, 1.82) is 0 Å². The van der Waals surface area contributed by atoms with E-state index in [4.69, 9.17) is 0 Å². The molecule has 1 fully saturated rings. The van der Waals surface area contributed by atoms with Gasteiger partial charge in [-0.3, -0.25) is 4.79 Å². The van der Waals surface area contributed by atoms with Crippen LogP contribution in [0.4, 0.5) is 0 Å². The van der Waals surface area contributed by atoms with Crippen molar-refractivity contribution in [1.82, 2.24) is 9.88 Å². The van der Waals surface area contributed by atoms with Crippen LogP contribution in [-0.4, -0.2) is 22.3 Å². The highest BCUT2D eigenvalue weighted by Gasteiger charge is 2.42. The summed E-state index contributed by atoms with van der Waals surface area (Å²) in [5, 5.41) is 2.16. The summed E-state index contributed by atoms with van der Waals surface area (Å²) in [4.78, 5) is 20.6. The average Bonchev–Trinajstić information content (AvgIpc) is 3.22. The molecule has 0 radical (unpaired) electrons. The molecule has 0 N–H and O–H groups in total. The van der Waals surface area contributed by atoms with Gasteiger partial charge >= 0.3 is 0 Å². The van der Waals surface area contributed by atoms with Gasteiger partial charge in [0.05, 0.1) is 6.04 Å². The van der Waals surface area contributed by atoms with Gasteiger partial charge in [-0.25, -0.2) is 4.98 Å². The highest BCUT2D eigenvalue weighted by molar-refractivity contribution is 9.10. The number of carbonyl (C=O) groups is 1. The minimum atomic E-state index is 0.0660. The number of rotatable bonds is 2. The van der Waals surface area contributed by atoms with Gasteiger partial charge < -0.3 is 4.90 Å². The number of amides is 1. The van der Waals surface area contributed by atoms with Crippen LogP contribution in [0.5, 0.6) is 0 Å². The summed E-state index contributed by atoms with van der Waals surface area (Å²) in [5.74, 6) is 0.703. The first-order valence-electron chi connectivity index (χ1n) is 7.23. The van der Waals surface area contributed by atoms with Crippen molar-refractivity contribution in [3.63, 3.8) is 0 Å². The van der Waals surface area contributed by atoms with Crippen molar-refractivity contribution >= 4 is 33.2 Å². The predicted octanol–water partition coefficient (Wildman–Crippen LogP) is 4.06. The molecule has 1 saturated carbocycles. The predicted molar refractivity (Wildman–Crippen MR) is 86.5 cm³/mol. The average molecular weight is 363 g/mol. The van der Waals surface area contributed by atoms with E-state index in [9.17, 15) is 4.79 Å². The molecule has 1 amide bonds. The van der Waals surface area contributed by atoms with Gasteiger partial charge in [0.15, 0.2) is 0 Å². The SMILES string of the molecule is O=C(c1ccc(Br)cn1)N1CCc2sccc2C1C1CC1. The summed E-state index contributed by atoms with van der Waals surface area (Å²) in [6.07, 6.45) is 5.13. The maximum atomic E-state index is 12.8. The van der Waals surface area contributed by atoms with E-state index in [1.54, 1.807) is 12.3 Å². The second-order valence-corrected chi connectivity index (χ2v) is 7.61. The van der Waals surface area contributed by atoms with Crippen molar-refractivity contribution in [3.8, 4) is 0 Å². The Bertz CT molecular complexity index is 678. The van der Waals surface area contributed by atoms with Crippen LogP contribution in [0.1, 0.15) is 39.8 Å². The van der Waals surface area contributed by atoms with Crippen molar-refractivity contribution < 1.29 is 4.79 Å². The quantitative estimate of drug-likeness (QED) is 0.806. The van der Waals surface area contributed by atoms with E-state index in [1.165, 1.54) is 23.3 Å².